The van der Waals surface area contributed by atoms with E-state index in [9.17, 15) is 0 Å². The van der Waals surface area contributed by atoms with Crippen LogP contribution in [0.15, 0.2) is 35.5 Å². The van der Waals surface area contributed by atoms with E-state index in [1.54, 1.807) is 0 Å². The van der Waals surface area contributed by atoms with Crippen LogP contribution in [0.5, 0.6) is 0 Å². The van der Waals surface area contributed by atoms with Crippen LogP contribution in [-0.4, -0.2) is 11.0 Å². The highest BCUT2D eigenvalue weighted by Gasteiger charge is 2.09. The Morgan fingerprint density at radius 3 is 2.67 bits per heavy atom. The Bertz CT molecular complexity index is 649. The predicted molar refractivity (Wildman–Crippen MR) is 88.0 cm³/mol. The molecule has 0 aliphatic rings. The summed E-state index contributed by atoms with van der Waals surface area (Å²) in [6.07, 6.45) is 0. The maximum Gasteiger partial charge on any atom is 0.170 e. The van der Waals surface area contributed by atoms with Gasteiger partial charge in [-0.2, -0.15) is 0 Å². The highest BCUT2D eigenvalue weighted by atomic mass is 32.1. The van der Waals surface area contributed by atoms with E-state index < -0.39 is 0 Å². The second kappa shape index (κ2) is 6.74. The fourth-order valence-corrected chi connectivity index (χ4v) is 3.07. The summed E-state index contributed by atoms with van der Waals surface area (Å²) in [5.41, 5.74) is 8.67. The third-order valence-electron chi connectivity index (χ3n) is 3.53. The Hall–Kier alpha value is -1.85. The number of rotatable bonds is 5. The molecule has 2 rings (SSSR count). The summed E-state index contributed by atoms with van der Waals surface area (Å²) >= 11 is 1.82. The number of nitrogens with two attached hydrogens (primary N) is 1. The molecule has 1 heterocycles. The van der Waals surface area contributed by atoms with Crippen molar-refractivity contribution in [3.8, 4) is 0 Å². The van der Waals surface area contributed by atoms with E-state index in [1.807, 2.05) is 36.5 Å². The second-order valence-corrected chi connectivity index (χ2v) is 6.50. The van der Waals surface area contributed by atoms with E-state index in [0.29, 0.717) is 6.04 Å². The molecule has 21 heavy (non-hydrogen) atoms. The lowest BCUT2D eigenvalue weighted by atomic mass is 10.0. The molecule has 1 aromatic carbocycles. The standard InChI is InChI=1S/C16H21N3OS/c1-10-8-13(16(17)19-20)5-6-14(10)9-18-12(3)15-7-4-11(2)21-15/h4-8,12,18,20H,9H2,1-3H3,(H2,17,19). The van der Waals surface area contributed by atoms with Gasteiger partial charge in [0.25, 0.3) is 0 Å². The van der Waals surface area contributed by atoms with Gasteiger partial charge < -0.3 is 16.3 Å². The Morgan fingerprint density at radius 2 is 2.10 bits per heavy atom. The first-order valence-electron chi connectivity index (χ1n) is 6.88. The van der Waals surface area contributed by atoms with Gasteiger partial charge >= 0.3 is 0 Å². The van der Waals surface area contributed by atoms with Crippen LogP contribution in [-0.2, 0) is 6.54 Å². The van der Waals surface area contributed by atoms with Gasteiger partial charge in [-0.25, -0.2) is 0 Å². The number of amidine groups is 1. The highest BCUT2D eigenvalue weighted by Crippen LogP contribution is 2.23. The van der Waals surface area contributed by atoms with E-state index >= 15 is 0 Å². The Kier molecular flexibility index (Phi) is 4.98. The lowest BCUT2D eigenvalue weighted by Crippen LogP contribution is -2.18. The van der Waals surface area contributed by atoms with Gasteiger partial charge in [0.15, 0.2) is 5.84 Å². The van der Waals surface area contributed by atoms with E-state index in [-0.39, 0.29) is 5.84 Å². The zero-order chi connectivity index (χ0) is 15.4. The van der Waals surface area contributed by atoms with Crippen LogP contribution in [0.2, 0.25) is 0 Å². The first-order valence-corrected chi connectivity index (χ1v) is 7.70. The number of benzene rings is 1. The molecule has 0 radical (unpaired) electrons. The molecule has 0 saturated carbocycles. The Labute approximate surface area is 129 Å². The number of oxime groups is 1. The van der Waals surface area contributed by atoms with E-state index in [0.717, 1.165) is 17.7 Å². The van der Waals surface area contributed by atoms with E-state index in [1.165, 1.54) is 15.3 Å². The van der Waals surface area contributed by atoms with Crippen molar-refractivity contribution >= 4 is 17.2 Å². The van der Waals surface area contributed by atoms with Crippen molar-refractivity contribution < 1.29 is 5.21 Å². The summed E-state index contributed by atoms with van der Waals surface area (Å²) in [4.78, 5) is 2.68. The molecule has 0 saturated heterocycles. The maximum atomic E-state index is 8.70. The first-order chi connectivity index (χ1) is 10.0. The number of thiophene rings is 1. The van der Waals surface area contributed by atoms with Crippen molar-refractivity contribution in [3.05, 3.63) is 56.8 Å². The van der Waals surface area contributed by atoms with Gasteiger partial charge in [0, 0.05) is 27.9 Å². The molecular weight excluding hydrogens is 282 g/mol. The summed E-state index contributed by atoms with van der Waals surface area (Å²) in [5, 5.41) is 15.3. The smallest absolute Gasteiger partial charge is 0.170 e. The van der Waals surface area contributed by atoms with Gasteiger partial charge in [-0.15, -0.1) is 11.3 Å². The number of aryl methyl sites for hydroxylation is 2. The second-order valence-electron chi connectivity index (χ2n) is 5.18. The molecule has 0 amide bonds. The molecule has 1 unspecified atom stereocenters. The van der Waals surface area contributed by atoms with Crippen LogP contribution in [0.25, 0.3) is 0 Å². The first kappa shape index (κ1) is 15.5. The molecule has 0 fully saturated rings. The summed E-state index contributed by atoms with van der Waals surface area (Å²) < 4.78 is 0. The summed E-state index contributed by atoms with van der Waals surface area (Å²) in [5.74, 6) is 0.139. The number of hydrogen-bond acceptors (Lipinski definition) is 4. The monoisotopic (exact) mass is 303 g/mol. The van der Waals surface area contributed by atoms with Crippen molar-refractivity contribution in [1.29, 1.82) is 0 Å². The predicted octanol–water partition coefficient (Wildman–Crippen LogP) is 3.31. The zero-order valence-electron chi connectivity index (χ0n) is 12.6. The molecule has 5 heteroatoms. The van der Waals surface area contributed by atoms with Crippen molar-refractivity contribution in [2.45, 2.75) is 33.4 Å². The third-order valence-corrected chi connectivity index (χ3v) is 4.72. The van der Waals surface area contributed by atoms with Crippen LogP contribution >= 0.6 is 11.3 Å². The number of hydrogen-bond donors (Lipinski definition) is 3. The Morgan fingerprint density at radius 1 is 1.33 bits per heavy atom. The van der Waals surface area contributed by atoms with E-state index in [2.05, 4.69) is 36.5 Å². The van der Waals surface area contributed by atoms with Gasteiger partial charge in [-0.05, 0) is 50.1 Å². The van der Waals surface area contributed by atoms with Crippen LogP contribution in [0, 0.1) is 13.8 Å². The molecule has 4 nitrogen and oxygen atoms in total. The van der Waals surface area contributed by atoms with Crippen LogP contribution < -0.4 is 11.1 Å². The minimum absolute atomic E-state index is 0.139. The van der Waals surface area contributed by atoms with Gasteiger partial charge in [-0.1, -0.05) is 17.3 Å². The van der Waals surface area contributed by atoms with Crippen LogP contribution in [0.1, 0.15) is 39.4 Å². The molecule has 112 valence electrons. The largest absolute Gasteiger partial charge is 0.409 e. The minimum Gasteiger partial charge on any atom is -0.409 e. The molecular formula is C16H21N3OS. The van der Waals surface area contributed by atoms with Crippen molar-refractivity contribution in [3.63, 3.8) is 0 Å². The van der Waals surface area contributed by atoms with E-state index in [4.69, 9.17) is 10.9 Å². The summed E-state index contributed by atoms with van der Waals surface area (Å²) in [6.45, 7) is 7.12. The third kappa shape index (κ3) is 3.83. The molecule has 2 aromatic rings. The fourth-order valence-electron chi connectivity index (χ4n) is 2.16. The van der Waals surface area contributed by atoms with Gasteiger partial charge in [0.1, 0.15) is 0 Å². The molecule has 4 N–H and O–H groups in total. The lowest BCUT2D eigenvalue weighted by Gasteiger charge is -2.14. The number of nitrogens with one attached hydrogen (secondary N) is 1. The van der Waals surface area contributed by atoms with Crippen molar-refractivity contribution in [2.75, 3.05) is 0 Å². The average Bonchev–Trinajstić information content (AvgIpc) is 2.91. The minimum atomic E-state index is 0.139. The Balaban J connectivity index is 2.03. The molecule has 0 spiro atoms. The molecule has 1 aromatic heterocycles. The highest BCUT2D eigenvalue weighted by molar-refractivity contribution is 7.12. The van der Waals surface area contributed by atoms with Crippen LogP contribution in [0.3, 0.4) is 0 Å². The van der Waals surface area contributed by atoms with Gasteiger partial charge in [-0.3, -0.25) is 0 Å². The van der Waals surface area contributed by atoms with Crippen molar-refractivity contribution in [2.24, 2.45) is 10.9 Å². The normalized spacial score (nSPS) is 13.4. The quantitative estimate of drug-likeness (QED) is 0.343. The topological polar surface area (TPSA) is 70.6 Å². The molecule has 0 aliphatic carbocycles. The maximum absolute atomic E-state index is 8.70. The molecule has 0 bridgehead atoms. The molecule has 0 aliphatic heterocycles. The van der Waals surface area contributed by atoms with Gasteiger partial charge in [0.05, 0.1) is 0 Å². The zero-order valence-corrected chi connectivity index (χ0v) is 13.4. The van der Waals surface area contributed by atoms with Crippen molar-refractivity contribution in [1.82, 2.24) is 5.32 Å². The van der Waals surface area contributed by atoms with Crippen LogP contribution in [0.4, 0.5) is 0 Å². The SMILES string of the molecule is Cc1ccc(C(C)NCc2ccc(/C(N)=N/O)cc2C)s1. The molecule has 1 atom stereocenters. The fraction of sp³-hybridized carbons (Fsp3) is 0.312. The average molecular weight is 303 g/mol. The van der Waals surface area contributed by atoms with Gasteiger partial charge in [0.2, 0.25) is 0 Å². The lowest BCUT2D eigenvalue weighted by molar-refractivity contribution is 0.318. The number of nitrogens with zero attached hydrogens (tertiary/aromatic N) is 1. The summed E-state index contributed by atoms with van der Waals surface area (Å²) in [6, 6.07) is 10.5. The summed E-state index contributed by atoms with van der Waals surface area (Å²) in [7, 11) is 0.